The van der Waals surface area contributed by atoms with Crippen LogP contribution in [-0.4, -0.2) is 12.7 Å². The van der Waals surface area contributed by atoms with Crippen molar-refractivity contribution in [3.63, 3.8) is 0 Å². The second-order valence-electron chi connectivity index (χ2n) is 4.81. The van der Waals surface area contributed by atoms with Crippen LogP contribution in [0.2, 0.25) is 5.02 Å². The minimum Gasteiger partial charge on any atom is -0.449 e. The molecule has 1 fully saturated rings. The molecule has 1 N–H and O–H groups in total. The van der Waals surface area contributed by atoms with Crippen LogP contribution in [0.1, 0.15) is 25.5 Å². The molecule has 1 aliphatic rings. The first-order chi connectivity index (χ1) is 7.90. The van der Waals surface area contributed by atoms with Crippen LogP contribution < -0.4 is 5.32 Å². The van der Waals surface area contributed by atoms with Gasteiger partial charge in [-0.15, -0.1) is 12.4 Å². The third kappa shape index (κ3) is 2.87. The summed E-state index contributed by atoms with van der Waals surface area (Å²) in [5.74, 6) is -0.419. The highest BCUT2D eigenvalue weighted by molar-refractivity contribution is 6.30. The molecule has 6 heteroatoms. The molecule has 1 aromatic carbocycles. The predicted molar refractivity (Wildman–Crippen MR) is 69.7 cm³/mol. The summed E-state index contributed by atoms with van der Waals surface area (Å²) in [5.41, 5.74) is 0.0545. The zero-order valence-corrected chi connectivity index (χ0v) is 11.6. The average Bonchev–Trinajstić information content (AvgIpc) is 2.23. The molecular weight excluding hydrogens is 280 g/mol. The van der Waals surface area contributed by atoms with Crippen molar-refractivity contribution in [2.75, 3.05) is 6.61 Å². The van der Waals surface area contributed by atoms with Crippen molar-refractivity contribution in [2.24, 2.45) is 5.41 Å². The molecule has 3 nitrogen and oxygen atoms in total. The first kappa shape index (κ1) is 15.1. The van der Waals surface area contributed by atoms with Gasteiger partial charge in [0.2, 0.25) is 0 Å². The number of hydrogen-bond acceptors (Lipinski definition) is 2. The van der Waals surface area contributed by atoms with E-state index >= 15 is 0 Å². The second kappa shape index (κ2) is 5.33. The Kier molecular flexibility index (Phi) is 4.46. The minimum absolute atomic E-state index is 0. The highest BCUT2D eigenvalue weighted by atomic mass is 35.5. The Morgan fingerprint density at radius 2 is 2.17 bits per heavy atom. The Labute approximate surface area is 116 Å². The number of benzene rings is 1. The summed E-state index contributed by atoms with van der Waals surface area (Å²) in [7, 11) is 0. The van der Waals surface area contributed by atoms with E-state index in [1.807, 2.05) is 13.8 Å². The van der Waals surface area contributed by atoms with Crippen LogP contribution in [0.15, 0.2) is 18.2 Å². The molecule has 1 atom stereocenters. The number of carbonyl (C=O) groups is 1. The number of ether oxygens (including phenoxy) is 1. The molecule has 0 bridgehead atoms. The number of nitrogens with one attached hydrogen (secondary N) is 1. The van der Waals surface area contributed by atoms with Crippen molar-refractivity contribution in [1.82, 2.24) is 5.32 Å². The molecule has 0 unspecified atom stereocenters. The quantitative estimate of drug-likeness (QED) is 0.857. The molecular formula is C12H14Cl2FNO2. The Morgan fingerprint density at radius 3 is 2.78 bits per heavy atom. The molecule has 1 heterocycles. The van der Waals surface area contributed by atoms with Gasteiger partial charge in [-0.3, -0.25) is 0 Å². The van der Waals surface area contributed by atoms with Crippen molar-refractivity contribution < 1.29 is 13.9 Å². The van der Waals surface area contributed by atoms with Crippen LogP contribution >= 0.6 is 24.0 Å². The SMILES string of the molecule is CC1(C)COC(=O)N[C@H]1c1ccc(Cl)cc1F.Cl. The number of alkyl carbamates (subject to hydrolysis) is 1. The van der Waals surface area contributed by atoms with Crippen molar-refractivity contribution in [3.8, 4) is 0 Å². The van der Waals surface area contributed by atoms with Gasteiger partial charge in [-0.25, -0.2) is 9.18 Å². The maximum Gasteiger partial charge on any atom is 0.407 e. The molecule has 1 amide bonds. The smallest absolute Gasteiger partial charge is 0.407 e. The molecule has 1 saturated heterocycles. The molecule has 0 radical (unpaired) electrons. The fraction of sp³-hybridized carbons (Fsp3) is 0.417. The molecule has 1 aromatic rings. The summed E-state index contributed by atoms with van der Waals surface area (Å²) in [6.45, 7) is 4.07. The number of rotatable bonds is 1. The van der Waals surface area contributed by atoms with Crippen LogP contribution in [0, 0.1) is 11.2 Å². The van der Waals surface area contributed by atoms with E-state index in [0.29, 0.717) is 10.6 Å². The lowest BCUT2D eigenvalue weighted by atomic mass is 9.80. The van der Waals surface area contributed by atoms with Gasteiger partial charge in [0, 0.05) is 16.0 Å². The van der Waals surface area contributed by atoms with Crippen LogP contribution in [-0.2, 0) is 4.74 Å². The number of hydrogen-bond donors (Lipinski definition) is 1. The van der Waals surface area contributed by atoms with Gasteiger partial charge in [0.25, 0.3) is 0 Å². The van der Waals surface area contributed by atoms with E-state index in [4.69, 9.17) is 16.3 Å². The van der Waals surface area contributed by atoms with Crippen LogP contribution in [0.3, 0.4) is 0 Å². The summed E-state index contributed by atoms with van der Waals surface area (Å²) in [6.07, 6.45) is -0.524. The number of cyclic esters (lactones) is 1. The third-order valence-corrected chi connectivity index (χ3v) is 3.13. The molecule has 0 aromatic heterocycles. The topological polar surface area (TPSA) is 38.3 Å². The summed E-state index contributed by atoms with van der Waals surface area (Å²) in [4.78, 5) is 11.2. The van der Waals surface area contributed by atoms with Gasteiger partial charge in [-0.2, -0.15) is 0 Å². The molecule has 18 heavy (non-hydrogen) atoms. The van der Waals surface area contributed by atoms with E-state index in [1.165, 1.54) is 6.07 Å². The van der Waals surface area contributed by atoms with Gasteiger partial charge in [0.1, 0.15) is 12.4 Å². The highest BCUT2D eigenvalue weighted by Gasteiger charge is 2.39. The highest BCUT2D eigenvalue weighted by Crippen LogP contribution is 2.37. The third-order valence-electron chi connectivity index (χ3n) is 2.89. The first-order valence-corrected chi connectivity index (χ1v) is 5.66. The molecule has 2 rings (SSSR count). The van der Waals surface area contributed by atoms with Gasteiger partial charge >= 0.3 is 6.09 Å². The van der Waals surface area contributed by atoms with E-state index in [1.54, 1.807) is 12.1 Å². The lowest BCUT2D eigenvalue weighted by Gasteiger charge is -2.38. The van der Waals surface area contributed by atoms with E-state index in [0.717, 1.165) is 0 Å². The number of carbonyl (C=O) groups excluding carboxylic acids is 1. The lowest BCUT2D eigenvalue weighted by Crippen LogP contribution is -2.47. The largest absolute Gasteiger partial charge is 0.449 e. The zero-order chi connectivity index (χ0) is 12.6. The maximum absolute atomic E-state index is 13.8. The van der Waals surface area contributed by atoms with Crippen LogP contribution in [0.4, 0.5) is 9.18 Å². The molecule has 0 saturated carbocycles. The molecule has 0 aliphatic carbocycles. The molecule has 0 spiro atoms. The van der Waals surface area contributed by atoms with E-state index in [2.05, 4.69) is 5.32 Å². The van der Waals surface area contributed by atoms with Crippen molar-refractivity contribution in [1.29, 1.82) is 0 Å². The number of amides is 1. The zero-order valence-electron chi connectivity index (χ0n) is 10.00. The van der Waals surface area contributed by atoms with Gasteiger partial charge in [0.15, 0.2) is 0 Å². The molecule has 1 aliphatic heterocycles. The number of halogens is 3. The van der Waals surface area contributed by atoms with Gasteiger partial charge in [0.05, 0.1) is 6.04 Å². The fourth-order valence-electron chi connectivity index (χ4n) is 1.92. The van der Waals surface area contributed by atoms with E-state index in [-0.39, 0.29) is 24.4 Å². The maximum atomic E-state index is 13.8. The summed E-state index contributed by atoms with van der Waals surface area (Å²) >= 11 is 5.70. The summed E-state index contributed by atoms with van der Waals surface area (Å²) < 4.78 is 18.7. The Bertz CT molecular complexity index is 465. The minimum atomic E-state index is -0.524. The van der Waals surface area contributed by atoms with E-state index in [9.17, 15) is 9.18 Å². The fourth-order valence-corrected chi connectivity index (χ4v) is 2.08. The lowest BCUT2D eigenvalue weighted by molar-refractivity contribution is 0.0378. The van der Waals surface area contributed by atoms with Gasteiger partial charge in [-0.1, -0.05) is 31.5 Å². The van der Waals surface area contributed by atoms with E-state index < -0.39 is 18.0 Å². The monoisotopic (exact) mass is 293 g/mol. The van der Waals surface area contributed by atoms with Crippen molar-refractivity contribution in [2.45, 2.75) is 19.9 Å². The second-order valence-corrected chi connectivity index (χ2v) is 5.24. The first-order valence-electron chi connectivity index (χ1n) is 5.28. The van der Waals surface area contributed by atoms with Crippen LogP contribution in [0.5, 0.6) is 0 Å². The Balaban J connectivity index is 0.00000162. The standard InChI is InChI=1S/C12H13ClFNO2.ClH/c1-12(2)6-17-11(16)15-10(12)8-4-3-7(13)5-9(8)14;/h3-5,10H,6H2,1-2H3,(H,15,16);1H/t10-;/m0./s1. The average molecular weight is 294 g/mol. The van der Waals surface area contributed by atoms with Crippen molar-refractivity contribution in [3.05, 3.63) is 34.6 Å². The summed E-state index contributed by atoms with van der Waals surface area (Å²) in [5, 5.41) is 2.97. The van der Waals surface area contributed by atoms with Gasteiger partial charge in [-0.05, 0) is 12.1 Å². The predicted octanol–water partition coefficient (Wildman–Crippen LogP) is 3.71. The molecule has 100 valence electrons. The Morgan fingerprint density at radius 1 is 1.50 bits per heavy atom. The summed E-state index contributed by atoms with van der Waals surface area (Å²) in [6, 6.07) is 4.03. The van der Waals surface area contributed by atoms with Gasteiger partial charge < -0.3 is 10.1 Å². The normalized spacial score (nSPS) is 21.6. The Hall–Kier alpha value is -1.000. The van der Waals surface area contributed by atoms with Crippen LogP contribution in [0.25, 0.3) is 0 Å². The van der Waals surface area contributed by atoms with Crippen molar-refractivity contribution >= 4 is 30.1 Å².